The van der Waals surface area contributed by atoms with Gasteiger partial charge in [0.1, 0.15) is 0 Å². The van der Waals surface area contributed by atoms with Gasteiger partial charge < -0.3 is 0 Å². The highest BCUT2D eigenvalue weighted by Gasteiger charge is 2.03. The molecule has 2 rings (SSSR count). The molecule has 1 nitrogen and oxygen atoms in total. The van der Waals surface area contributed by atoms with E-state index >= 15 is 0 Å². The molecule has 0 aliphatic heterocycles. The van der Waals surface area contributed by atoms with Crippen molar-refractivity contribution in [3.63, 3.8) is 0 Å². The Kier molecular flexibility index (Phi) is 3.13. The lowest BCUT2D eigenvalue weighted by Crippen LogP contribution is -1.98. The lowest BCUT2D eigenvalue weighted by atomic mass is 9.99. The maximum absolute atomic E-state index is 10.9. The van der Waals surface area contributed by atoms with Gasteiger partial charge in [-0.3, -0.25) is 4.79 Å². The third-order valence-corrected chi connectivity index (χ3v) is 2.42. The summed E-state index contributed by atoms with van der Waals surface area (Å²) >= 11 is 0. The third-order valence-electron chi connectivity index (χ3n) is 2.42. The maximum Gasteiger partial charge on any atom is 0.159 e. The molecule has 0 amide bonds. The monoisotopic (exact) mass is 197 g/mol. The van der Waals surface area contributed by atoms with Crippen LogP contribution in [0.2, 0.25) is 0 Å². The van der Waals surface area contributed by atoms with Gasteiger partial charge in [0.05, 0.1) is 0 Å². The summed E-state index contributed by atoms with van der Waals surface area (Å²) in [5.41, 5.74) is 2.45. The highest BCUT2D eigenvalue weighted by Crippen LogP contribution is 2.13. The summed E-state index contributed by atoms with van der Waals surface area (Å²) in [6, 6.07) is 10.3. The standard InChI is InChI=1S/C14H13O/c15-14-10-8-13(9-11-14)7-6-12-4-2-1-3-5-12/h1-5,7-10H,6,11H2. The van der Waals surface area contributed by atoms with Crippen molar-refractivity contribution in [1.29, 1.82) is 0 Å². The quantitative estimate of drug-likeness (QED) is 0.728. The molecule has 1 aromatic rings. The van der Waals surface area contributed by atoms with Crippen molar-refractivity contribution in [2.45, 2.75) is 12.8 Å². The minimum absolute atomic E-state index is 0.187. The van der Waals surface area contributed by atoms with Crippen molar-refractivity contribution < 1.29 is 4.79 Å². The van der Waals surface area contributed by atoms with E-state index in [0.29, 0.717) is 6.42 Å². The predicted octanol–water partition coefficient (Wildman–Crippen LogP) is 2.89. The number of carbonyl (C=O) groups is 1. The molecule has 0 fully saturated rings. The summed E-state index contributed by atoms with van der Waals surface area (Å²) in [5, 5.41) is 0. The Morgan fingerprint density at radius 2 is 1.93 bits per heavy atom. The van der Waals surface area contributed by atoms with Crippen LogP contribution in [0.5, 0.6) is 0 Å². The SMILES string of the molecule is O=C1C=CC([CH]Cc2ccccc2)=CC1. The molecule has 15 heavy (non-hydrogen) atoms. The van der Waals surface area contributed by atoms with Crippen LogP contribution in [0.25, 0.3) is 0 Å². The zero-order chi connectivity index (χ0) is 10.5. The second kappa shape index (κ2) is 4.74. The van der Waals surface area contributed by atoms with E-state index in [1.54, 1.807) is 6.08 Å². The van der Waals surface area contributed by atoms with Gasteiger partial charge in [-0.15, -0.1) is 0 Å². The summed E-state index contributed by atoms with van der Waals surface area (Å²) in [4.78, 5) is 10.9. The lowest BCUT2D eigenvalue weighted by molar-refractivity contribution is -0.113. The first kappa shape index (κ1) is 9.91. The highest BCUT2D eigenvalue weighted by atomic mass is 16.1. The molecular formula is C14H13O. The number of ketones is 1. The minimum Gasteiger partial charge on any atom is -0.295 e. The summed E-state index contributed by atoms with van der Waals surface area (Å²) in [7, 11) is 0. The summed E-state index contributed by atoms with van der Waals surface area (Å²) < 4.78 is 0. The van der Waals surface area contributed by atoms with Gasteiger partial charge in [0, 0.05) is 6.42 Å². The van der Waals surface area contributed by atoms with Crippen LogP contribution in [-0.2, 0) is 11.2 Å². The fraction of sp³-hybridized carbons (Fsp3) is 0.143. The number of benzene rings is 1. The summed E-state index contributed by atoms with van der Waals surface area (Å²) in [6.07, 6.45) is 9.12. The number of hydrogen-bond donors (Lipinski definition) is 0. The van der Waals surface area contributed by atoms with Crippen molar-refractivity contribution in [1.82, 2.24) is 0 Å². The van der Waals surface area contributed by atoms with E-state index in [4.69, 9.17) is 0 Å². The van der Waals surface area contributed by atoms with Crippen LogP contribution in [0, 0.1) is 6.42 Å². The fourth-order valence-electron chi connectivity index (χ4n) is 1.54. The van der Waals surface area contributed by atoms with Gasteiger partial charge >= 0.3 is 0 Å². The van der Waals surface area contributed by atoms with Gasteiger partial charge in [-0.25, -0.2) is 0 Å². The average molecular weight is 197 g/mol. The Morgan fingerprint density at radius 1 is 1.13 bits per heavy atom. The molecule has 1 heteroatoms. The number of carbonyl (C=O) groups excluding carboxylic acids is 1. The Hall–Kier alpha value is -1.63. The lowest BCUT2D eigenvalue weighted by Gasteiger charge is -2.05. The molecule has 0 saturated heterocycles. The predicted molar refractivity (Wildman–Crippen MR) is 61.3 cm³/mol. The topological polar surface area (TPSA) is 17.1 Å². The first-order valence-corrected chi connectivity index (χ1v) is 5.13. The Balaban J connectivity index is 1.90. The molecule has 0 N–H and O–H groups in total. The van der Waals surface area contributed by atoms with E-state index in [2.05, 4.69) is 18.6 Å². The van der Waals surface area contributed by atoms with Crippen LogP contribution in [0.15, 0.2) is 54.1 Å². The smallest absolute Gasteiger partial charge is 0.159 e. The van der Waals surface area contributed by atoms with E-state index in [9.17, 15) is 4.79 Å². The second-order valence-corrected chi connectivity index (χ2v) is 3.60. The highest BCUT2D eigenvalue weighted by molar-refractivity contribution is 5.92. The Labute approximate surface area is 90.1 Å². The molecular weight excluding hydrogens is 184 g/mol. The van der Waals surface area contributed by atoms with E-state index in [-0.39, 0.29) is 5.78 Å². The Morgan fingerprint density at radius 3 is 2.60 bits per heavy atom. The van der Waals surface area contributed by atoms with E-state index in [1.165, 1.54) is 5.56 Å². The first-order valence-electron chi connectivity index (χ1n) is 5.13. The first-order chi connectivity index (χ1) is 7.34. The minimum atomic E-state index is 0.187. The maximum atomic E-state index is 10.9. The molecule has 0 spiro atoms. The van der Waals surface area contributed by atoms with Crippen LogP contribution in [-0.4, -0.2) is 5.78 Å². The molecule has 1 aromatic carbocycles. The van der Waals surface area contributed by atoms with Gasteiger partial charge in [0.25, 0.3) is 0 Å². The molecule has 1 aliphatic carbocycles. The molecule has 0 saturated carbocycles. The van der Waals surface area contributed by atoms with Crippen LogP contribution >= 0.6 is 0 Å². The Bertz CT molecular complexity index is 399. The zero-order valence-electron chi connectivity index (χ0n) is 8.52. The fourth-order valence-corrected chi connectivity index (χ4v) is 1.54. The number of hydrogen-bond acceptors (Lipinski definition) is 1. The molecule has 1 aliphatic rings. The van der Waals surface area contributed by atoms with Crippen molar-refractivity contribution in [2.24, 2.45) is 0 Å². The normalized spacial score (nSPS) is 15.2. The molecule has 0 heterocycles. The zero-order valence-corrected chi connectivity index (χ0v) is 8.52. The molecule has 0 atom stereocenters. The van der Waals surface area contributed by atoms with Crippen LogP contribution in [0.1, 0.15) is 12.0 Å². The number of rotatable bonds is 3. The van der Waals surface area contributed by atoms with Crippen molar-refractivity contribution in [3.05, 3.63) is 66.1 Å². The molecule has 0 aromatic heterocycles. The second-order valence-electron chi connectivity index (χ2n) is 3.60. The molecule has 0 bridgehead atoms. The van der Waals surface area contributed by atoms with Crippen molar-refractivity contribution in [2.75, 3.05) is 0 Å². The third kappa shape index (κ3) is 2.91. The average Bonchev–Trinajstić information content (AvgIpc) is 2.30. The largest absolute Gasteiger partial charge is 0.295 e. The molecule has 1 radical (unpaired) electrons. The van der Waals surface area contributed by atoms with Crippen molar-refractivity contribution in [3.8, 4) is 0 Å². The van der Waals surface area contributed by atoms with Gasteiger partial charge in [0.2, 0.25) is 0 Å². The van der Waals surface area contributed by atoms with Crippen LogP contribution < -0.4 is 0 Å². The van der Waals surface area contributed by atoms with E-state index in [0.717, 1.165) is 12.0 Å². The van der Waals surface area contributed by atoms with E-state index < -0.39 is 0 Å². The van der Waals surface area contributed by atoms with Crippen LogP contribution in [0.3, 0.4) is 0 Å². The van der Waals surface area contributed by atoms with Gasteiger partial charge in [-0.05, 0) is 30.1 Å². The van der Waals surface area contributed by atoms with Crippen LogP contribution in [0.4, 0.5) is 0 Å². The summed E-state index contributed by atoms with van der Waals surface area (Å²) in [5.74, 6) is 0.187. The van der Waals surface area contributed by atoms with Gasteiger partial charge in [0.15, 0.2) is 5.78 Å². The van der Waals surface area contributed by atoms with Gasteiger partial charge in [-0.1, -0.05) is 42.5 Å². The van der Waals surface area contributed by atoms with Gasteiger partial charge in [-0.2, -0.15) is 0 Å². The van der Waals surface area contributed by atoms with E-state index in [1.807, 2.05) is 30.4 Å². The summed E-state index contributed by atoms with van der Waals surface area (Å²) in [6.45, 7) is 0. The molecule has 0 unspecified atom stereocenters. The van der Waals surface area contributed by atoms with Crippen molar-refractivity contribution >= 4 is 5.78 Å². The molecule has 75 valence electrons. The number of allylic oxidation sites excluding steroid dienone is 4.